The summed E-state index contributed by atoms with van der Waals surface area (Å²) in [5.74, 6) is 1.90. The normalized spacial score (nSPS) is 11.1. The van der Waals surface area contributed by atoms with E-state index in [1.807, 2.05) is 19.9 Å². The second-order valence-electron chi connectivity index (χ2n) is 5.06. The molecule has 0 fully saturated rings. The number of ether oxygens (including phenoxy) is 1. The van der Waals surface area contributed by atoms with Crippen LogP contribution in [-0.2, 0) is 0 Å². The van der Waals surface area contributed by atoms with E-state index in [9.17, 15) is 0 Å². The molecule has 0 aliphatic heterocycles. The first-order valence-electron chi connectivity index (χ1n) is 6.35. The summed E-state index contributed by atoms with van der Waals surface area (Å²) >= 11 is 0. The number of nitrogens with zero attached hydrogens (tertiary/aromatic N) is 1. The van der Waals surface area contributed by atoms with Crippen molar-refractivity contribution in [2.45, 2.75) is 33.6 Å². The van der Waals surface area contributed by atoms with Crippen molar-refractivity contribution in [3.05, 3.63) is 29.0 Å². The number of aryl methyl sites for hydroxylation is 2. The molecule has 0 radical (unpaired) electrons. The number of oxazole rings is 1. The second kappa shape index (κ2) is 4.96. The Balaban J connectivity index is 2.62. The molecule has 2 rings (SSSR count). The maximum atomic E-state index is 5.70. The number of nitrogen functional groups attached to an aromatic ring is 1. The highest BCUT2D eigenvalue weighted by Gasteiger charge is 2.19. The molecule has 4 nitrogen and oxygen atoms in total. The Hall–Kier alpha value is -1.97. The van der Waals surface area contributed by atoms with E-state index in [2.05, 4.69) is 24.9 Å². The maximum absolute atomic E-state index is 5.70. The van der Waals surface area contributed by atoms with E-state index in [4.69, 9.17) is 14.9 Å². The lowest BCUT2D eigenvalue weighted by Crippen LogP contribution is -1.95. The quantitative estimate of drug-likeness (QED) is 0.914. The zero-order valence-corrected chi connectivity index (χ0v) is 12.1. The van der Waals surface area contributed by atoms with Gasteiger partial charge in [0, 0.05) is 5.56 Å². The van der Waals surface area contributed by atoms with Crippen LogP contribution in [0.4, 0.5) is 6.01 Å². The average Bonchev–Trinajstić information content (AvgIpc) is 2.73. The fourth-order valence-electron chi connectivity index (χ4n) is 2.19. The largest absolute Gasteiger partial charge is 0.496 e. The topological polar surface area (TPSA) is 61.3 Å². The monoisotopic (exact) mass is 260 g/mol. The fraction of sp³-hybridized carbons (Fsp3) is 0.400. The summed E-state index contributed by atoms with van der Waals surface area (Å²) in [6.07, 6.45) is 0. The lowest BCUT2D eigenvalue weighted by Gasteiger charge is -2.11. The SMILES string of the molecule is COc1cc(C)c(-c2oc(N)nc2C(C)C)cc1C. The van der Waals surface area contributed by atoms with E-state index in [1.54, 1.807) is 7.11 Å². The standard InChI is InChI=1S/C15H20N2O2/c1-8(2)13-14(19-15(16)17-13)11-6-10(4)12(18-5)7-9(11)3/h6-8H,1-5H3,(H2,16,17). The minimum atomic E-state index is 0.214. The minimum absolute atomic E-state index is 0.214. The molecular weight excluding hydrogens is 240 g/mol. The van der Waals surface area contributed by atoms with Crippen molar-refractivity contribution in [1.29, 1.82) is 0 Å². The Labute approximate surface area is 113 Å². The Morgan fingerprint density at radius 2 is 1.89 bits per heavy atom. The summed E-state index contributed by atoms with van der Waals surface area (Å²) in [4.78, 5) is 4.28. The van der Waals surface area contributed by atoms with Gasteiger partial charge in [0.25, 0.3) is 6.01 Å². The van der Waals surface area contributed by atoms with Gasteiger partial charge in [0.05, 0.1) is 12.8 Å². The van der Waals surface area contributed by atoms with Crippen LogP contribution >= 0.6 is 0 Å². The van der Waals surface area contributed by atoms with Gasteiger partial charge < -0.3 is 14.9 Å². The Morgan fingerprint density at radius 3 is 2.47 bits per heavy atom. The molecule has 0 unspecified atom stereocenters. The molecule has 0 aliphatic carbocycles. The van der Waals surface area contributed by atoms with Crippen LogP contribution in [-0.4, -0.2) is 12.1 Å². The molecule has 2 N–H and O–H groups in total. The van der Waals surface area contributed by atoms with E-state index < -0.39 is 0 Å². The molecule has 2 aromatic rings. The Morgan fingerprint density at radius 1 is 1.21 bits per heavy atom. The summed E-state index contributed by atoms with van der Waals surface area (Å²) in [7, 11) is 1.67. The lowest BCUT2D eigenvalue weighted by atomic mass is 9.98. The van der Waals surface area contributed by atoms with Crippen LogP contribution in [0.2, 0.25) is 0 Å². The molecule has 0 bridgehead atoms. The number of nitrogens with two attached hydrogens (primary N) is 1. The number of rotatable bonds is 3. The summed E-state index contributed by atoms with van der Waals surface area (Å²) in [5.41, 5.74) is 9.76. The van der Waals surface area contributed by atoms with Gasteiger partial charge >= 0.3 is 0 Å². The third-order valence-corrected chi connectivity index (χ3v) is 3.20. The van der Waals surface area contributed by atoms with Gasteiger partial charge in [0.2, 0.25) is 0 Å². The molecule has 1 aromatic carbocycles. The van der Waals surface area contributed by atoms with Crippen LogP contribution in [0.25, 0.3) is 11.3 Å². The van der Waals surface area contributed by atoms with Gasteiger partial charge in [-0.2, -0.15) is 4.98 Å². The van der Waals surface area contributed by atoms with Crippen LogP contribution in [0.3, 0.4) is 0 Å². The van der Waals surface area contributed by atoms with Crippen molar-refractivity contribution in [3.8, 4) is 17.1 Å². The maximum Gasteiger partial charge on any atom is 0.292 e. The van der Waals surface area contributed by atoms with Gasteiger partial charge in [-0.05, 0) is 43.0 Å². The highest BCUT2D eigenvalue weighted by Crippen LogP contribution is 2.35. The van der Waals surface area contributed by atoms with E-state index >= 15 is 0 Å². The highest BCUT2D eigenvalue weighted by molar-refractivity contribution is 5.68. The van der Waals surface area contributed by atoms with Crippen molar-refractivity contribution in [2.24, 2.45) is 0 Å². The first kappa shape index (κ1) is 13.5. The van der Waals surface area contributed by atoms with Crippen molar-refractivity contribution >= 4 is 6.01 Å². The minimum Gasteiger partial charge on any atom is -0.496 e. The van der Waals surface area contributed by atoms with Crippen LogP contribution in [0, 0.1) is 13.8 Å². The smallest absolute Gasteiger partial charge is 0.292 e. The van der Waals surface area contributed by atoms with E-state index in [-0.39, 0.29) is 11.9 Å². The number of methoxy groups -OCH3 is 1. The molecule has 1 heterocycles. The van der Waals surface area contributed by atoms with Crippen molar-refractivity contribution < 1.29 is 9.15 Å². The fourth-order valence-corrected chi connectivity index (χ4v) is 2.19. The molecule has 4 heteroatoms. The average molecular weight is 260 g/mol. The Kier molecular flexibility index (Phi) is 3.51. The number of anilines is 1. The molecule has 1 aromatic heterocycles. The number of benzene rings is 1. The molecule has 0 atom stereocenters. The zero-order valence-electron chi connectivity index (χ0n) is 12.1. The van der Waals surface area contributed by atoms with Gasteiger partial charge in [-0.15, -0.1) is 0 Å². The molecule has 0 spiro atoms. The summed E-state index contributed by atoms with van der Waals surface area (Å²) in [6.45, 7) is 8.19. The highest BCUT2D eigenvalue weighted by atomic mass is 16.5. The van der Waals surface area contributed by atoms with Gasteiger partial charge in [-0.1, -0.05) is 13.8 Å². The van der Waals surface area contributed by atoms with Crippen molar-refractivity contribution in [2.75, 3.05) is 12.8 Å². The van der Waals surface area contributed by atoms with Gasteiger partial charge in [-0.3, -0.25) is 0 Å². The zero-order chi connectivity index (χ0) is 14.2. The number of aromatic nitrogens is 1. The molecule has 0 aliphatic rings. The number of hydrogen-bond acceptors (Lipinski definition) is 4. The van der Waals surface area contributed by atoms with Crippen LogP contribution in [0.5, 0.6) is 5.75 Å². The number of hydrogen-bond donors (Lipinski definition) is 1. The van der Waals surface area contributed by atoms with Crippen LogP contribution in [0.15, 0.2) is 16.5 Å². The lowest BCUT2D eigenvalue weighted by molar-refractivity contribution is 0.411. The molecule has 102 valence electrons. The molecule has 0 amide bonds. The van der Waals surface area contributed by atoms with Crippen molar-refractivity contribution in [1.82, 2.24) is 4.98 Å². The molecule has 0 saturated carbocycles. The van der Waals surface area contributed by atoms with E-state index in [0.717, 1.165) is 33.9 Å². The third-order valence-electron chi connectivity index (χ3n) is 3.20. The predicted octanol–water partition coefficient (Wildman–Crippen LogP) is 3.67. The van der Waals surface area contributed by atoms with Crippen LogP contribution < -0.4 is 10.5 Å². The van der Waals surface area contributed by atoms with Gasteiger partial charge in [0.1, 0.15) is 5.75 Å². The molecule has 0 saturated heterocycles. The van der Waals surface area contributed by atoms with Crippen molar-refractivity contribution in [3.63, 3.8) is 0 Å². The summed E-state index contributed by atoms with van der Waals surface area (Å²) < 4.78 is 10.9. The molecule has 19 heavy (non-hydrogen) atoms. The van der Waals surface area contributed by atoms with Crippen LogP contribution in [0.1, 0.15) is 36.6 Å². The van der Waals surface area contributed by atoms with E-state index in [0.29, 0.717) is 0 Å². The Bertz CT molecular complexity index is 600. The first-order valence-corrected chi connectivity index (χ1v) is 6.35. The predicted molar refractivity (Wildman–Crippen MR) is 76.5 cm³/mol. The summed E-state index contributed by atoms with van der Waals surface area (Å²) in [6, 6.07) is 4.28. The van der Waals surface area contributed by atoms with E-state index in [1.165, 1.54) is 0 Å². The second-order valence-corrected chi connectivity index (χ2v) is 5.06. The van der Waals surface area contributed by atoms with Gasteiger partial charge in [0.15, 0.2) is 5.76 Å². The van der Waals surface area contributed by atoms with Gasteiger partial charge in [-0.25, -0.2) is 0 Å². The molecular formula is C15H20N2O2. The first-order chi connectivity index (χ1) is 8.93. The summed E-state index contributed by atoms with van der Waals surface area (Å²) in [5, 5.41) is 0. The third kappa shape index (κ3) is 2.43.